The molecule has 0 aliphatic carbocycles. The molecule has 0 bridgehead atoms. The summed E-state index contributed by atoms with van der Waals surface area (Å²) in [7, 11) is -4.37. The lowest BCUT2D eigenvalue weighted by Crippen LogP contribution is -2.03. The monoisotopic (exact) mass is 203 g/mol. The largest absolute Gasteiger partial charge is 0.302 e. The van der Waals surface area contributed by atoms with Gasteiger partial charge in [-0.1, -0.05) is 6.07 Å². The maximum Gasteiger partial charge on any atom is 0.302 e. The highest BCUT2D eigenvalue weighted by Gasteiger charge is 2.07. The Balaban J connectivity index is 2.61. The zero-order valence-electron chi connectivity index (χ0n) is 7.20. The smallest absolute Gasteiger partial charge is 0.261 e. The van der Waals surface area contributed by atoms with Gasteiger partial charge in [-0.2, -0.15) is 8.42 Å². The molecule has 13 heavy (non-hydrogen) atoms. The van der Waals surface area contributed by atoms with Crippen LogP contribution in [0.5, 0.6) is 0 Å². The van der Waals surface area contributed by atoms with Gasteiger partial charge in [-0.05, 0) is 18.6 Å². The first-order valence-electron chi connectivity index (χ1n) is 3.81. The SMILES string of the molecule is Cc1ccc(CCS(=O)(=O)F)nc1. The quantitative estimate of drug-likeness (QED) is 0.694. The molecule has 0 amide bonds. The molecule has 0 unspecified atom stereocenters. The van der Waals surface area contributed by atoms with E-state index in [9.17, 15) is 12.3 Å². The molecular weight excluding hydrogens is 193 g/mol. The van der Waals surface area contributed by atoms with E-state index < -0.39 is 16.0 Å². The third kappa shape index (κ3) is 3.98. The lowest BCUT2D eigenvalue weighted by molar-refractivity contribution is 0.551. The fourth-order valence-corrected chi connectivity index (χ4v) is 1.33. The number of hydrogen-bond donors (Lipinski definition) is 0. The summed E-state index contributed by atoms with van der Waals surface area (Å²) in [6.07, 6.45) is 1.75. The highest BCUT2D eigenvalue weighted by Crippen LogP contribution is 2.02. The molecule has 0 aliphatic heterocycles. The van der Waals surface area contributed by atoms with Gasteiger partial charge in [0.2, 0.25) is 0 Å². The summed E-state index contributed by atoms with van der Waals surface area (Å²) in [4.78, 5) is 3.95. The van der Waals surface area contributed by atoms with Gasteiger partial charge in [0.1, 0.15) is 0 Å². The van der Waals surface area contributed by atoms with E-state index in [1.54, 1.807) is 12.3 Å². The van der Waals surface area contributed by atoms with Crippen molar-refractivity contribution in [1.29, 1.82) is 0 Å². The maximum absolute atomic E-state index is 12.1. The van der Waals surface area contributed by atoms with Crippen molar-refractivity contribution in [1.82, 2.24) is 4.98 Å². The van der Waals surface area contributed by atoms with Crippen molar-refractivity contribution in [2.45, 2.75) is 13.3 Å². The standard InChI is InChI=1S/C8H10FNO2S/c1-7-2-3-8(10-6-7)4-5-13(9,11)12/h2-3,6H,4-5H2,1H3. The Morgan fingerprint density at radius 3 is 2.62 bits per heavy atom. The van der Waals surface area contributed by atoms with Crippen molar-refractivity contribution in [3.05, 3.63) is 29.6 Å². The zero-order chi connectivity index (χ0) is 9.90. The van der Waals surface area contributed by atoms with Gasteiger partial charge in [0, 0.05) is 18.3 Å². The molecule has 0 N–H and O–H groups in total. The molecule has 1 rings (SSSR count). The average molecular weight is 203 g/mol. The molecule has 0 radical (unpaired) electrons. The normalized spacial score (nSPS) is 11.5. The molecule has 5 heteroatoms. The number of rotatable bonds is 3. The van der Waals surface area contributed by atoms with E-state index in [-0.39, 0.29) is 6.42 Å². The van der Waals surface area contributed by atoms with Gasteiger partial charge in [-0.3, -0.25) is 4.98 Å². The molecule has 0 fully saturated rings. The summed E-state index contributed by atoms with van der Waals surface area (Å²) in [5.74, 6) is -0.497. The molecule has 1 aromatic heterocycles. The third-order valence-electron chi connectivity index (χ3n) is 1.57. The van der Waals surface area contributed by atoms with E-state index in [0.29, 0.717) is 5.69 Å². The topological polar surface area (TPSA) is 47.0 Å². The van der Waals surface area contributed by atoms with Crippen molar-refractivity contribution >= 4 is 10.2 Å². The van der Waals surface area contributed by atoms with Gasteiger partial charge in [0.25, 0.3) is 0 Å². The Hall–Kier alpha value is -0.970. The highest BCUT2D eigenvalue weighted by molar-refractivity contribution is 7.86. The van der Waals surface area contributed by atoms with E-state index in [1.165, 1.54) is 0 Å². The van der Waals surface area contributed by atoms with Crippen LogP contribution in [0.2, 0.25) is 0 Å². The Morgan fingerprint density at radius 1 is 1.46 bits per heavy atom. The Labute approximate surface area is 76.8 Å². The lowest BCUT2D eigenvalue weighted by atomic mass is 10.2. The Morgan fingerprint density at radius 2 is 2.15 bits per heavy atom. The van der Waals surface area contributed by atoms with Gasteiger partial charge in [0.15, 0.2) is 0 Å². The Kier molecular flexibility index (Phi) is 2.98. The van der Waals surface area contributed by atoms with Crippen molar-refractivity contribution in [3.8, 4) is 0 Å². The van der Waals surface area contributed by atoms with Crippen molar-refractivity contribution in [3.63, 3.8) is 0 Å². The molecule has 1 heterocycles. The van der Waals surface area contributed by atoms with Crippen LogP contribution in [-0.2, 0) is 16.6 Å². The highest BCUT2D eigenvalue weighted by atomic mass is 32.3. The predicted octanol–water partition coefficient (Wildman–Crippen LogP) is 1.23. The lowest BCUT2D eigenvalue weighted by Gasteiger charge is -1.97. The van der Waals surface area contributed by atoms with Crippen molar-refractivity contribution < 1.29 is 12.3 Å². The minimum absolute atomic E-state index is 0.124. The first-order chi connectivity index (χ1) is 5.97. The van der Waals surface area contributed by atoms with Crippen LogP contribution in [0.25, 0.3) is 0 Å². The van der Waals surface area contributed by atoms with E-state index in [4.69, 9.17) is 0 Å². The van der Waals surface area contributed by atoms with Crippen LogP contribution in [-0.4, -0.2) is 19.2 Å². The van der Waals surface area contributed by atoms with Gasteiger partial charge in [-0.25, -0.2) is 0 Å². The third-order valence-corrected chi connectivity index (χ3v) is 2.27. The summed E-state index contributed by atoms with van der Waals surface area (Å²) in [5, 5.41) is 0. The number of nitrogens with zero attached hydrogens (tertiary/aromatic N) is 1. The molecular formula is C8H10FNO2S. The second kappa shape index (κ2) is 3.83. The van der Waals surface area contributed by atoms with Crippen molar-refractivity contribution in [2.24, 2.45) is 0 Å². The molecule has 0 saturated carbocycles. The second-order valence-electron chi connectivity index (χ2n) is 2.82. The first-order valence-corrected chi connectivity index (χ1v) is 5.36. The minimum Gasteiger partial charge on any atom is -0.261 e. The van der Waals surface area contributed by atoms with Crippen LogP contribution in [0.3, 0.4) is 0 Å². The number of pyridine rings is 1. The molecule has 0 aromatic carbocycles. The van der Waals surface area contributed by atoms with E-state index >= 15 is 0 Å². The predicted molar refractivity (Wildman–Crippen MR) is 47.6 cm³/mol. The maximum atomic E-state index is 12.1. The van der Waals surface area contributed by atoms with E-state index in [1.807, 2.05) is 13.0 Å². The van der Waals surface area contributed by atoms with Gasteiger partial charge < -0.3 is 0 Å². The summed E-state index contributed by atoms with van der Waals surface area (Å²) in [5.41, 5.74) is 1.58. The molecule has 1 aromatic rings. The summed E-state index contributed by atoms with van der Waals surface area (Å²) < 4.78 is 32.5. The van der Waals surface area contributed by atoms with Crippen LogP contribution < -0.4 is 0 Å². The van der Waals surface area contributed by atoms with Gasteiger partial charge in [0.05, 0.1) is 5.75 Å². The number of aromatic nitrogens is 1. The second-order valence-corrected chi connectivity index (χ2v) is 4.31. The molecule has 72 valence electrons. The van der Waals surface area contributed by atoms with Crippen LogP contribution in [0.15, 0.2) is 18.3 Å². The molecule has 3 nitrogen and oxygen atoms in total. The average Bonchev–Trinajstić information content (AvgIpc) is 2.02. The summed E-state index contributed by atoms with van der Waals surface area (Å²) >= 11 is 0. The number of hydrogen-bond acceptors (Lipinski definition) is 3. The number of aryl methyl sites for hydroxylation is 2. The zero-order valence-corrected chi connectivity index (χ0v) is 8.01. The fourth-order valence-electron chi connectivity index (χ4n) is 0.873. The minimum atomic E-state index is -4.37. The Bertz CT molecular complexity index is 372. The van der Waals surface area contributed by atoms with Crippen LogP contribution in [0.4, 0.5) is 3.89 Å². The molecule has 0 aliphatic rings. The summed E-state index contributed by atoms with van der Waals surface area (Å²) in [6, 6.07) is 3.51. The van der Waals surface area contributed by atoms with Gasteiger partial charge >= 0.3 is 10.2 Å². The molecule has 0 spiro atoms. The van der Waals surface area contributed by atoms with Crippen LogP contribution in [0, 0.1) is 6.92 Å². The first kappa shape index (κ1) is 10.1. The molecule has 0 saturated heterocycles. The summed E-state index contributed by atoms with van der Waals surface area (Å²) in [6.45, 7) is 1.88. The van der Waals surface area contributed by atoms with Crippen LogP contribution in [0.1, 0.15) is 11.3 Å². The van der Waals surface area contributed by atoms with E-state index in [0.717, 1.165) is 5.56 Å². The number of halogens is 1. The van der Waals surface area contributed by atoms with Crippen LogP contribution >= 0.6 is 0 Å². The van der Waals surface area contributed by atoms with Crippen molar-refractivity contribution in [2.75, 3.05) is 5.75 Å². The fraction of sp³-hybridized carbons (Fsp3) is 0.375. The van der Waals surface area contributed by atoms with E-state index in [2.05, 4.69) is 4.98 Å². The van der Waals surface area contributed by atoms with Gasteiger partial charge in [-0.15, -0.1) is 3.89 Å². The molecule has 0 atom stereocenters.